The van der Waals surface area contributed by atoms with Gasteiger partial charge in [0.25, 0.3) is 11.6 Å². The molecule has 176 valence electrons. The first-order chi connectivity index (χ1) is 15.8. The highest BCUT2D eigenvalue weighted by atomic mass is 79.9. The van der Waals surface area contributed by atoms with E-state index in [0.717, 1.165) is 24.2 Å². The van der Waals surface area contributed by atoms with Crippen LogP contribution < -0.4 is 20.3 Å². The second kappa shape index (κ2) is 9.35. The van der Waals surface area contributed by atoms with Gasteiger partial charge < -0.3 is 20.5 Å². The van der Waals surface area contributed by atoms with Crippen LogP contribution in [0.4, 0.5) is 16.2 Å². The van der Waals surface area contributed by atoms with Gasteiger partial charge in [-0.15, -0.1) is 0 Å². The summed E-state index contributed by atoms with van der Waals surface area (Å²) in [4.78, 5) is 28.1. The second-order valence-electron chi connectivity index (χ2n) is 8.90. The number of hydrogen-bond acceptors (Lipinski definition) is 4. The summed E-state index contributed by atoms with van der Waals surface area (Å²) in [6.07, 6.45) is 2.97. The van der Waals surface area contributed by atoms with Crippen LogP contribution in [0, 0.1) is 11.8 Å². The summed E-state index contributed by atoms with van der Waals surface area (Å²) in [5.74, 6) is 0.762. The Morgan fingerprint density at radius 1 is 1.24 bits per heavy atom. The number of amides is 3. The minimum absolute atomic E-state index is 0.0759. The van der Waals surface area contributed by atoms with Crippen molar-refractivity contribution in [1.29, 1.82) is 0 Å². The third-order valence-corrected chi connectivity index (χ3v) is 7.36. The van der Waals surface area contributed by atoms with E-state index in [-0.39, 0.29) is 12.0 Å². The standard InChI is InChI=1S/C25H30BrN3O4/c1-4-33-19-11-9-18(10-12-19)29-24(31)28-22-13-8-17(26)14-20(22)25(29,32)23(30)27-21-7-5-6-15(2)16(21)3/h8-16,21,32H,4-7H2,1-3H3,(H,27,30)(H,28,31)/t15-,16+,21+,25-/m0/s1. The fraction of sp³-hybridized carbons (Fsp3) is 0.440. The molecule has 0 unspecified atom stereocenters. The Kier molecular flexibility index (Phi) is 6.68. The molecule has 0 spiro atoms. The molecule has 3 N–H and O–H groups in total. The zero-order valence-electron chi connectivity index (χ0n) is 19.1. The molecule has 1 fully saturated rings. The zero-order valence-corrected chi connectivity index (χ0v) is 20.7. The Morgan fingerprint density at radius 2 is 1.97 bits per heavy atom. The summed E-state index contributed by atoms with van der Waals surface area (Å²) in [5.41, 5.74) is -1.15. The number of anilines is 2. The number of nitrogens with one attached hydrogen (secondary N) is 2. The molecular weight excluding hydrogens is 486 g/mol. The highest BCUT2D eigenvalue weighted by Crippen LogP contribution is 2.42. The normalized spacial score (nSPS) is 26.9. The maximum atomic E-state index is 13.8. The van der Waals surface area contributed by atoms with Gasteiger partial charge >= 0.3 is 6.03 Å². The number of hydrogen-bond donors (Lipinski definition) is 3. The highest BCUT2D eigenvalue weighted by Gasteiger charge is 2.53. The van der Waals surface area contributed by atoms with Gasteiger partial charge in [-0.2, -0.15) is 0 Å². The molecule has 4 atom stereocenters. The molecule has 8 heteroatoms. The lowest BCUT2D eigenvalue weighted by molar-refractivity contribution is -0.141. The van der Waals surface area contributed by atoms with E-state index in [1.165, 1.54) is 0 Å². The monoisotopic (exact) mass is 515 g/mol. The van der Waals surface area contributed by atoms with Crippen molar-refractivity contribution in [2.45, 2.75) is 51.8 Å². The van der Waals surface area contributed by atoms with E-state index in [4.69, 9.17) is 4.74 Å². The van der Waals surface area contributed by atoms with Crippen molar-refractivity contribution in [2.75, 3.05) is 16.8 Å². The maximum Gasteiger partial charge on any atom is 0.329 e. The number of nitrogens with zero attached hydrogens (tertiary/aromatic N) is 1. The van der Waals surface area contributed by atoms with Crippen LogP contribution in [0.25, 0.3) is 0 Å². The number of halogens is 1. The first-order valence-corrected chi connectivity index (χ1v) is 12.2. The predicted molar refractivity (Wildman–Crippen MR) is 131 cm³/mol. The quantitative estimate of drug-likeness (QED) is 0.523. The van der Waals surface area contributed by atoms with Crippen LogP contribution in [0.15, 0.2) is 46.9 Å². The molecule has 0 saturated heterocycles. The van der Waals surface area contributed by atoms with E-state index >= 15 is 0 Å². The van der Waals surface area contributed by atoms with Gasteiger partial charge in [0.05, 0.1) is 12.3 Å². The van der Waals surface area contributed by atoms with Crippen LogP contribution in [0.3, 0.4) is 0 Å². The molecule has 1 heterocycles. The summed E-state index contributed by atoms with van der Waals surface area (Å²) in [7, 11) is 0. The van der Waals surface area contributed by atoms with Gasteiger partial charge in [0.15, 0.2) is 0 Å². The largest absolute Gasteiger partial charge is 0.494 e. The molecule has 4 rings (SSSR count). The lowest BCUT2D eigenvalue weighted by Gasteiger charge is -2.44. The van der Waals surface area contributed by atoms with Gasteiger partial charge in [0, 0.05) is 21.8 Å². The van der Waals surface area contributed by atoms with Crippen LogP contribution in [-0.4, -0.2) is 29.7 Å². The molecule has 1 aliphatic carbocycles. The van der Waals surface area contributed by atoms with Gasteiger partial charge in [0.1, 0.15) is 5.75 Å². The predicted octanol–water partition coefficient (Wildman–Crippen LogP) is 4.99. The summed E-state index contributed by atoms with van der Waals surface area (Å²) in [6, 6.07) is 11.2. The topological polar surface area (TPSA) is 90.9 Å². The van der Waals surface area contributed by atoms with E-state index in [2.05, 4.69) is 40.4 Å². The van der Waals surface area contributed by atoms with E-state index in [9.17, 15) is 14.7 Å². The molecule has 1 saturated carbocycles. The zero-order chi connectivity index (χ0) is 23.8. The van der Waals surface area contributed by atoms with Gasteiger partial charge in [-0.3, -0.25) is 9.69 Å². The molecule has 3 amide bonds. The van der Waals surface area contributed by atoms with E-state index in [0.29, 0.717) is 39.7 Å². The van der Waals surface area contributed by atoms with Crippen LogP contribution >= 0.6 is 15.9 Å². The molecule has 2 aromatic rings. The van der Waals surface area contributed by atoms with Crippen LogP contribution in [0.2, 0.25) is 0 Å². The molecule has 0 bridgehead atoms. The summed E-state index contributed by atoms with van der Waals surface area (Å²) >= 11 is 3.43. The van der Waals surface area contributed by atoms with Crippen LogP contribution in [-0.2, 0) is 10.5 Å². The van der Waals surface area contributed by atoms with Gasteiger partial charge in [-0.05, 0) is 67.6 Å². The lowest BCUT2D eigenvalue weighted by atomic mass is 9.78. The third kappa shape index (κ3) is 4.34. The number of rotatable bonds is 5. The average molecular weight is 516 g/mol. The first kappa shape index (κ1) is 23.6. The molecule has 1 aliphatic heterocycles. The minimum Gasteiger partial charge on any atom is -0.494 e. The summed E-state index contributed by atoms with van der Waals surface area (Å²) < 4.78 is 6.19. The van der Waals surface area contributed by atoms with Gasteiger partial charge in [0.2, 0.25) is 0 Å². The van der Waals surface area contributed by atoms with E-state index in [1.54, 1.807) is 42.5 Å². The number of aliphatic hydroxyl groups is 1. The van der Waals surface area contributed by atoms with Crippen molar-refractivity contribution in [3.05, 3.63) is 52.5 Å². The van der Waals surface area contributed by atoms with E-state index in [1.807, 2.05) is 6.92 Å². The molecule has 2 aliphatic rings. The molecule has 0 aromatic heterocycles. The van der Waals surface area contributed by atoms with Crippen LogP contribution in [0.1, 0.15) is 45.6 Å². The number of ether oxygens (including phenoxy) is 1. The molecule has 7 nitrogen and oxygen atoms in total. The van der Waals surface area contributed by atoms with Crippen molar-refractivity contribution in [3.63, 3.8) is 0 Å². The summed E-state index contributed by atoms with van der Waals surface area (Å²) in [5, 5.41) is 17.9. The Labute approximate surface area is 202 Å². The Morgan fingerprint density at radius 3 is 2.67 bits per heavy atom. The smallest absolute Gasteiger partial charge is 0.329 e. The molecule has 33 heavy (non-hydrogen) atoms. The number of carbonyl (C=O) groups excluding carboxylic acids is 2. The number of urea groups is 1. The molecular formula is C25H30BrN3O4. The van der Waals surface area contributed by atoms with Gasteiger partial charge in [-0.25, -0.2) is 4.79 Å². The minimum atomic E-state index is -2.23. The number of carbonyl (C=O) groups is 2. The fourth-order valence-corrected chi connectivity index (χ4v) is 5.15. The first-order valence-electron chi connectivity index (χ1n) is 11.4. The van der Waals surface area contributed by atoms with Crippen molar-refractivity contribution in [2.24, 2.45) is 11.8 Å². The highest BCUT2D eigenvalue weighted by molar-refractivity contribution is 9.10. The summed E-state index contributed by atoms with van der Waals surface area (Å²) in [6.45, 7) is 6.71. The molecule has 0 radical (unpaired) electrons. The maximum absolute atomic E-state index is 13.8. The average Bonchev–Trinajstić information content (AvgIpc) is 2.79. The number of fused-ring (bicyclic) bond motifs is 1. The van der Waals surface area contributed by atoms with E-state index < -0.39 is 17.7 Å². The molecule has 2 aromatic carbocycles. The van der Waals surface area contributed by atoms with Crippen molar-refractivity contribution < 1.29 is 19.4 Å². The Hall–Kier alpha value is -2.58. The van der Waals surface area contributed by atoms with Crippen molar-refractivity contribution in [3.8, 4) is 5.75 Å². The van der Waals surface area contributed by atoms with Crippen molar-refractivity contribution in [1.82, 2.24) is 5.32 Å². The Bertz CT molecular complexity index is 1040. The van der Waals surface area contributed by atoms with Gasteiger partial charge in [-0.1, -0.05) is 42.6 Å². The second-order valence-corrected chi connectivity index (χ2v) is 9.82. The number of benzene rings is 2. The SMILES string of the molecule is CCOc1ccc(N2C(=O)Nc3ccc(Br)cc3[C@]2(O)C(=O)N[C@@H]2CCC[C@H](C)[C@H]2C)cc1. The van der Waals surface area contributed by atoms with Crippen molar-refractivity contribution >= 4 is 39.2 Å². The third-order valence-electron chi connectivity index (χ3n) is 6.87. The Balaban J connectivity index is 1.77. The van der Waals surface area contributed by atoms with Crippen LogP contribution in [0.5, 0.6) is 5.75 Å². The fourth-order valence-electron chi connectivity index (χ4n) is 4.79. The lowest BCUT2D eigenvalue weighted by Crippen LogP contribution is -2.64.